The van der Waals surface area contributed by atoms with Crippen molar-refractivity contribution in [2.75, 3.05) is 0 Å². The summed E-state index contributed by atoms with van der Waals surface area (Å²) in [5, 5.41) is 0. The highest BCUT2D eigenvalue weighted by Gasteiger charge is 2.35. The zero-order chi connectivity index (χ0) is 11.8. The molecule has 1 heteroatoms. The molecule has 0 saturated heterocycles. The molecule has 1 aliphatic rings. The van der Waals surface area contributed by atoms with E-state index >= 15 is 0 Å². The number of benzene rings is 1. The molecule has 0 unspecified atom stereocenters. The van der Waals surface area contributed by atoms with Gasteiger partial charge < -0.3 is 4.74 Å². The molecule has 0 bridgehead atoms. The van der Waals surface area contributed by atoms with Crippen LogP contribution < -0.4 is 4.74 Å². The van der Waals surface area contributed by atoms with Crippen LogP contribution in [-0.4, -0.2) is 0 Å². The van der Waals surface area contributed by atoms with Gasteiger partial charge in [0.05, 0.1) is 0 Å². The summed E-state index contributed by atoms with van der Waals surface area (Å²) in [6.07, 6.45) is 4.18. The maximum atomic E-state index is 5.91. The van der Waals surface area contributed by atoms with E-state index in [1.165, 1.54) is 11.1 Å². The van der Waals surface area contributed by atoms with Crippen LogP contribution in [0.25, 0.3) is 0 Å². The highest BCUT2D eigenvalue weighted by molar-refractivity contribution is 5.54. The number of para-hydroxylation sites is 1. The monoisotopic (exact) mass is 214 g/mol. The van der Waals surface area contributed by atoms with Crippen molar-refractivity contribution in [3.05, 3.63) is 53.3 Å². The lowest BCUT2D eigenvalue weighted by Crippen LogP contribution is -2.28. The lowest BCUT2D eigenvalue weighted by atomic mass is 9.74. The molecule has 1 aromatic carbocycles. The largest absolute Gasteiger partial charge is 0.457 e. The summed E-state index contributed by atoms with van der Waals surface area (Å²) in [5.74, 6) is 1.96. The molecule has 1 nitrogen and oxygen atoms in total. The Kier molecular flexibility index (Phi) is 2.63. The summed E-state index contributed by atoms with van der Waals surface area (Å²) >= 11 is 0. The molecule has 0 spiro atoms. The topological polar surface area (TPSA) is 9.23 Å². The van der Waals surface area contributed by atoms with E-state index in [9.17, 15) is 0 Å². The number of fused-ring (bicyclic) bond motifs is 1. The van der Waals surface area contributed by atoms with Crippen LogP contribution in [0.15, 0.2) is 47.7 Å². The van der Waals surface area contributed by atoms with Gasteiger partial charge in [0, 0.05) is 16.6 Å². The molecule has 0 aromatic heterocycles. The molecule has 1 aromatic rings. The summed E-state index contributed by atoms with van der Waals surface area (Å²) < 4.78 is 5.91. The van der Waals surface area contributed by atoms with E-state index in [-0.39, 0.29) is 5.41 Å². The summed E-state index contributed by atoms with van der Waals surface area (Å²) in [6.45, 7) is 8.57. The van der Waals surface area contributed by atoms with Crippen molar-refractivity contribution in [2.45, 2.75) is 33.1 Å². The van der Waals surface area contributed by atoms with Crippen LogP contribution in [0.4, 0.5) is 0 Å². The quantitative estimate of drug-likeness (QED) is 0.628. The molecule has 0 fully saturated rings. The molecule has 0 radical (unpaired) electrons. The lowest BCUT2D eigenvalue weighted by Gasteiger charge is -2.36. The van der Waals surface area contributed by atoms with Gasteiger partial charge >= 0.3 is 0 Å². The first-order valence-electron chi connectivity index (χ1n) is 5.72. The van der Waals surface area contributed by atoms with Gasteiger partial charge in [0.15, 0.2) is 0 Å². The van der Waals surface area contributed by atoms with Crippen LogP contribution in [-0.2, 0) is 5.41 Å². The van der Waals surface area contributed by atoms with E-state index in [2.05, 4.69) is 39.0 Å². The first kappa shape index (κ1) is 11.0. The van der Waals surface area contributed by atoms with Gasteiger partial charge in [-0.05, 0) is 26.0 Å². The average Bonchev–Trinajstić information content (AvgIpc) is 2.28. The Morgan fingerprint density at radius 3 is 2.38 bits per heavy atom. The summed E-state index contributed by atoms with van der Waals surface area (Å²) in [6, 6.07) is 8.26. The molecule has 1 heterocycles. The zero-order valence-corrected chi connectivity index (χ0v) is 10.4. The number of allylic oxidation sites excluding steroid dienone is 3. The van der Waals surface area contributed by atoms with Crippen LogP contribution in [0.5, 0.6) is 5.75 Å². The third-order valence-corrected chi connectivity index (χ3v) is 3.27. The Hall–Kier alpha value is -1.50. The molecular weight excluding hydrogens is 196 g/mol. The van der Waals surface area contributed by atoms with Crippen molar-refractivity contribution in [2.24, 2.45) is 0 Å². The van der Waals surface area contributed by atoms with E-state index in [0.717, 1.165) is 11.5 Å². The second kappa shape index (κ2) is 3.82. The Morgan fingerprint density at radius 2 is 1.75 bits per heavy atom. The smallest absolute Gasteiger partial charge is 0.131 e. The highest BCUT2D eigenvalue weighted by atomic mass is 16.5. The van der Waals surface area contributed by atoms with Gasteiger partial charge in [-0.1, -0.05) is 38.1 Å². The van der Waals surface area contributed by atoms with Gasteiger partial charge in [-0.3, -0.25) is 0 Å². The first-order valence-corrected chi connectivity index (χ1v) is 5.72. The summed E-state index contributed by atoms with van der Waals surface area (Å²) in [4.78, 5) is 0. The molecule has 0 atom stereocenters. The zero-order valence-electron chi connectivity index (χ0n) is 10.4. The molecule has 0 N–H and O–H groups in total. The van der Waals surface area contributed by atoms with E-state index in [0.29, 0.717) is 0 Å². The van der Waals surface area contributed by atoms with E-state index < -0.39 is 0 Å². The number of rotatable bonds is 0. The van der Waals surface area contributed by atoms with Gasteiger partial charge in [-0.2, -0.15) is 0 Å². The average molecular weight is 214 g/mol. The lowest BCUT2D eigenvalue weighted by molar-refractivity contribution is 0.371. The standard InChI is InChI=1S/C15H18O/c1-5-11-13(6-2)16-14-10-8-7-9-12(14)15(11,3)4/h5-10H,1-4H3/b11-5+,13-6+. The molecule has 84 valence electrons. The Balaban J connectivity index is 2.67. The SMILES string of the molecule is C/C=C1\C(=C/C)Oc2ccccc2C1(C)C. The maximum absolute atomic E-state index is 5.91. The molecule has 16 heavy (non-hydrogen) atoms. The minimum Gasteiger partial charge on any atom is -0.457 e. The van der Waals surface area contributed by atoms with Crippen LogP contribution in [0.1, 0.15) is 33.3 Å². The summed E-state index contributed by atoms with van der Waals surface area (Å²) in [5.41, 5.74) is 2.54. The van der Waals surface area contributed by atoms with Crippen molar-refractivity contribution in [1.29, 1.82) is 0 Å². The third-order valence-electron chi connectivity index (χ3n) is 3.27. The second-order valence-electron chi connectivity index (χ2n) is 4.58. The van der Waals surface area contributed by atoms with Gasteiger partial charge in [0.1, 0.15) is 11.5 Å². The fourth-order valence-corrected chi connectivity index (χ4v) is 2.42. The molecule has 0 amide bonds. The normalized spacial score (nSPS) is 23.0. The molecule has 1 aliphatic heterocycles. The number of ether oxygens (including phenoxy) is 1. The number of hydrogen-bond donors (Lipinski definition) is 0. The molecular formula is C15H18O. The van der Waals surface area contributed by atoms with Gasteiger partial charge in [-0.15, -0.1) is 0 Å². The predicted octanol–water partition coefficient (Wildman–Crippen LogP) is 4.21. The van der Waals surface area contributed by atoms with Crippen molar-refractivity contribution in [1.82, 2.24) is 0 Å². The molecule has 0 aliphatic carbocycles. The molecule has 0 saturated carbocycles. The van der Waals surface area contributed by atoms with Crippen molar-refractivity contribution in [3.63, 3.8) is 0 Å². The Morgan fingerprint density at radius 1 is 1.06 bits per heavy atom. The highest BCUT2D eigenvalue weighted by Crippen LogP contribution is 2.45. The van der Waals surface area contributed by atoms with Crippen LogP contribution in [0.2, 0.25) is 0 Å². The fourth-order valence-electron chi connectivity index (χ4n) is 2.42. The van der Waals surface area contributed by atoms with E-state index in [1.54, 1.807) is 0 Å². The van der Waals surface area contributed by atoms with Gasteiger partial charge in [0.25, 0.3) is 0 Å². The van der Waals surface area contributed by atoms with Crippen LogP contribution >= 0.6 is 0 Å². The van der Waals surface area contributed by atoms with E-state index in [1.807, 2.05) is 25.1 Å². The maximum Gasteiger partial charge on any atom is 0.131 e. The van der Waals surface area contributed by atoms with Crippen molar-refractivity contribution in [3.8, 4) is 5.75 Å². The van der Waals surface area contributed by atoms with Crippen molar-refractivity contribution < 1.29 is 4.74 Å². The third kappa shape index (κ3) is 1.47. The molecule has 2 rings (SSSR count). The van der Waals surface area contributed by atoms with Crippen LogP contribution in [0.3, 0.4) is 0 Å². The Bertz CT molecular complexity index is 464. The number of hydrogen-bond acceptors (Lipinski definition) is 1. The van der Waals surface area contributed by atoms with Gasteiger partial charge in [-0.25, -0.2) is 0 Å². The second-order valence-corrected chi connectivity index (χ2v) is 4.58. The van der Waals surface area contributed by atoms with Crippen molar-refractivity contribution >= 4 is 0 Å². The summed E-state index contributed by atoms with van der Waals surface area (Å²) in [7, 11) is 0. The minimum absolute atomic E-state index is 0.0193. The Labute approximate surface area is 97.4 Å². The predicted molar refractivity (Wildman–Crippen MR) is 67.6 cm³/mol. The first-order chi connectivity index (χ1) is 7.61. The van der Waals surface area contributed by atoms with E-state index in [4.69, 9.17) is 4.74 Å². The van der Waals surface area contributed by atoms with Crippen LogP contribution in [0, 0.1) is 0 Å². The minimum atomic E-state index is 0.0193. The fraction of sp³-hybridized carbons (Fsp3) is 0.333. The van der Waals surface area contributed by atoms with Gasteiger partial charge in [0.2, 0.25) is 0 Å².